The normalized spacial score (nSPS) is 12.7. The van der Waals surface area contributed by atoms with Gasteiger partial charge in [0.05, 0.1) is 26.1 Å². The van der Waals surface area contributed by atoms with Gasteiger partial charge < -0.3 is 24.4 Å². The summed E-state index contributed by atoms with van der Waals surface area (Å²) in [5.41, 5.74) is 11.0. The Labute approximate surface area is 252 Å². The van der Waals surface area contributed by atoms with Crippen LogP contribution in [0.2, 0.25) is 0 Å². The van der Waals surface area contributed by atoms with Gasteiger partial charge in [0.15, 0.2) is 11.6 Å². The van der Waals surface area contributed by atoms with Crippen molar-refractivity contribution in [3.05, 3.63) is 128 Å². The van der Waals surface area contributed by atoms with E-state index in [0.717, 1.165) is 79.0 Å². The van der Waals surface area contributed by atoms with E-state index >= 15 is 0 Å². The molecule has 0 fully saturated rings. The third-order valence-corrected chi connectivity index (χ3v) is 8.49. The number of aromatic amines is 3. The first-order valence-electron chi connectivity index (χ1n) is 14.4. The first kappa shape index (κ1) is 29.7. The van der Waals surface area contributed by atoms with Crippen molar-refractivity contribution >= 4 is 11.6 Å². The lowest BCUT2D eigenvalue weighted by Crippen LogP contribution is -2.09. The van der Waals surface area contributed by atoms with Crippen LogP contribution in [0.5, 0.6) is 11.5 Å². The van der Waals surface area contributed by atoms with Crippen molar-refractivity contribution in [1.29, 1.82) is 0 Å². The summed E-state index contributed by atoms with van der Waals surface area (Å²) in [4.78, 5) is 36.0. The number of rotatable bonds is 10. The zero-order valence-corrected chi connectivity index (χ0v) is 26.1. The largest absolute Gasteiger partial charge is 0.497 e. The van der Waals surface area contributed by atoms with E-state index in [9.17, 15) is 9.59 Å². The molecule has 3 heterocycles. The van der Waals surface area contributed by atoms with E-state index in [4.69, 9.17) is 9.47 Å². The van der Waals surface area contributed by atoms with Crippen LogP contribution >= 0.6 is 0 Å². The molecule has 0 aliphatic carbocycles. The third-order valence-electron chi connectivity index (χ3n) is 8.49. The molecule has 3 N–H and O–H groups in total. The van der Waals surface area contributed by atoms with Crippen molar-refractivity contribution < 1.29 is 19.1 Å². The fraction of sp³-hybridized carbons (Fsp3) is 0.278. The first-order chi connectivity index (χ1) is 20.5. The number of hydrogen-bond acceptors (Lipinski definition) is 4. The van der Waals surface area contributed by atoms with E-state index in [2.05, 4.69) is 51.4 Å². The van der Waals surface area contributed by atoms with Gasteiger partial charge in [-0.05, 0) is 100 Å². The van der Waals surface area contributed by atoms with Gasteiger partial charge in [-0.25, -0.2) is 0 Å². The smallest absolute Gasteiger partial charge is 0.161 e. The second kappa shape index (κ2) is 11.8. The summed E-state index contributed by atoms with van der Waals surface area (Å²) >= 11 is 0. The standard InChI is InChI=1S/C36H39N3O4/c1-19-31(23(5)40)21(3)37-35(19)33(25-9-13-27(42-7)14-10-25)29-17-18-30(39-29)34(26-11-15-28(43-8)16-12-26)36-20(2)32(24(6)41)22(4)38-36/h9-18,33-34,37-39H,1-8H3. The highest BCUT2D eigenvalue weighted by atomic mass is 16.5. The van der Waals surface area contributed by atoms with Crippen LogP contribution < -0.4 is 9.47 Å². The molecule has 2 unspecified atom stereocenters. The molecule has 2 aromatic carbocycles. The van der Waals surface area contributed by atoms with Gasteiger partial charge in [-0.2, -0.15) is 0 Å². The lowest BCUT2D eigenvalue weighted by Gasteiger charge is -2.20. The van der Waals surface area contributed by atoms with Crippen LogP contribution in [-0.2, 0) is 0 Å². The maximum atomic E-state index is 12.6. The Morgan fingerprint density at radius 3 is 1.19 bits per heavy atom. The van der Waals surface area contributed by atoms with Gasteiger partial charge in [0.25, 0.3) is 0 Å². The van der Waals surface area contributed by atoms with Crippen LogP contribution in [-0.4, -0.2) is 40.7 Å². The van der Waals surface area contributed by atoms with Crippen molar-refractivity contribution in [3.63, 3.8) is 0 Å². The minimum Gasteiger partial charge on any atom is -0.497 e. The topological polar surface area (TPSA) is 100.0 Å². The van der Waals surface area contributed by atoms with Crippen molar-refractivity contribution in [3.8, 4) is 11.5 Å². The Balaban J connectivity index is 1.70. The molecule has 2 atom stereocenters. The number of methoxy groups -OCH3 is 2. The van der Waals surface area contributed by atoms with E-state index in [1.165, 1.54) is 0 Å². The maximum Gasteiger partial charge on any atom is 0.161 e. The Kier molecular flexibility index (Phi) is 8.18. The number of benzene rings is 2. The number of aryl methyl sites for hydroxylation is 2. The van der Waals surface area contributed by atoms with Crippen molar-refractivity contribution in [2.24, 2.45) is 0 Å². The Hall–Kier alpha value is -4.78. The predicted octanol–water partition coefficient (Wildman–Crippen LogP) is 7.69. The van der Waals surface area contributed by atoms with Crippen LogP contribution in [0.15, 0.2) is 60.7 Å². The highest BCUT2D eigenvalue weighted by Crippen LogP contribution is 2.40. The summed E-state index contributed by atoms with van der Waals surface area (Å²) in [5, 5.41) is 0. The van der Waals surface area contributed by atoms with Gasteiger partial charge >= 0.3 is 0 Å². The van der Waals surface area contributed by atoms with Crippen LogP contribution in [0, 0.1) is 27.7 Å². The molecule has 0 aliphatic heterocycles. The number of ketones is 2. The molecule has 43 heavy (non-hydrogen) atoms. The Morgan fingerprint density at radius 1 is 0.558 bits per heavy atom. The number of nitrogens with one attached hydrogen (secondary N) is 3. The number of aromatic nitrogens is 3. The molecular weight excluding hydrogens is 538 g/mol. The molecule has 5 rings (SSSR count). The summed E-state index contributed by atoms with van der Waals surface area (Å²) in [6, 6.07) is 20.3. The Morgan fingerprint density at radius 2 is 0.907 bits per heavy atom. The molecule has 0 spiro atoms. The molecule has 0 saturated heterocycles. The Bertz CT molecular complexity index is 1650. The van der Waals surface area contributed by atoms with Gasteiger partial charge in [-0.1, -0.05) is 24.3 Å². The minimum atomic E-state index is -0.192. The van der Waals surface area contributed by atoms with Crippen molar-refractivity contribution in [1.82, 2.24) is 15.0 Å². The second-order valence-corrected chi connectivity index (χ2v) is 11.2. The van der Waals surface area contributed by atoms with Crippen molar-refractivity contribution in [2.75, 3.05) is 14.2 Å². The molecule has 0 bridgehead atoms. The summed E-state index contributed by atoms with van der Waals surface area (Å²) in [6.45, 7) is 11.1. The zero-order chi connectivity index (χ0) is 31.0. The van der Waals surface area contributed by atoms with Gasteiger partial charge in [0.2, 0.25) is 0 Å². The van der Waals surface area contributed by atoms with Gasteiger partial charge in [0.1, 0.15) is 11.5 Å². The SMILES string of the molecule is COc1ccc(C(c2ccc(C(c3ccc(OC)cc3)c3[nH]c(C)c(C(C)=O)c3C)[nH]2)c2[nH]c(C)c(C(C)=O)c2C)cc1. The number of Topliss-reactive ketones (excluding diaryl/α,β-unsaturated/α-hetero) is 2. The molecule has 5 aromatic rings. The maximum absolute atomic E-state index is 12.6. The van der Waals surface area contributed by atoms with E-state index in [0.29, 0.717) is 0 Å². The highest BCUT2D eigenvalue weighted by molar-refractivity contribution is 5.97. The number of ether oxygens (including phenoxy) is 2. The molecular formula is C36H39N3O4. The van der Waals surface area contributed by atoms with Crippen molar-refractivity contribution in [2.45, 2.75) is 53.4 Å². The first-order valence-corrected chi connectivity index (χ1v) is 14.4. The number of H-pyrrole nitrogens is 3. The second-order valence-electron chi connectivity index (χ2n) is 11.2. The summed E-state index contributed by atoms with van der Waals surface area (Å²) in [6.07, 6.45) is 0. The third kappa shape index (κ3) is 5.43. The fourth-order valence-corrected chi connectivity index (χ4v) is 6.54. The summed E-state index contributed by atoms with van der Waals surface area (Å²) < 4.78 is 10.9. The molecule has 222 valence electrons. The van der Waals surface area contributed by atoms with E-state index < -0.39 is 0 Å². The molecule has 0 amide bonds. The highest BCUT2D eigenvalue weighted by Gasteiger charge is 2.29. The average Bonchev–Trinajstić information content (AvgIpc) is 3.65. The zero-order valence-electron chi connectivity index (χ0n) is 26.1. The fourth-order valence-electron chi connectivity index (χ4n) is 6.54. The minimum absolute atomic E-state index is 0.0385. The van der Waals surface area contributed by atoms with Crippen LogP contribution in [0.1, 0.15) is 103 Å². The summed E-state index contributed by atoms with van der Waals surface area (Å²) in [5.74, 6) is 1.24. The molecule has 3 aromatic heterocycles. The lowest BCUT2D eigenvalue weighted by molar-refractivity contribution is 0.100. The van der Waals surface area contributed by atoms with E-state index in [-0.39, 0.29) is 23.4 Å². The summed E-state index contributed by atoms with van der Waals surface area (Å²) in [7, 11) is 3.31. The van der Waals surface area contributed by atoms with E-state index in [1.807, 2.05) is 52.0 Å². The molecule has 7 nitrogen and oxygen atoms in total. The van der Waals surface area contributed by atoms with Crippen LogP contribution in [0.3, 0.4) is 0 Å². The van der Waals surface area contributed by atoms with Crippen LogP contribution in [0.25, 0.3) is 0 Å². The van der Waals surface area contributed by atoms with Gasteiger partial charge in [0, 0.05) is 45.3 Å². The number of carbonyl (C=O) groups is 2. The molecule has 0 aliphatic rings. The van der Waals surface area contributed by atoms with Gasteiger partial charge in [-0.3, -0.25) is 9.59 Å². The average molecular weight is 578 g/mol. The monoisotopic (exact) mass is 577 g/mol. The lowest BCUT2D eigenvalue weighted by atomic mass is 9.89. The quantitative estimate of drug-likeness (QED) is 0.148. The van der Waals surface area contributed by atoms with Crippen LogP contribution in [0.4, 0.5) is 0 Å². The predicted molar refractivity (Wildman–Crippen MR) is 169 cm³/mol. The number of carbonyl (C=O) groups excluding carboxylic acids is 2. The number of hydrogen-bond donors (Lipinski definition) is 3. The molecule has 0 radical (unpaired) electrons. The van der Waals surface area contributed by atoms with E-state index in [1.54, 1.807) is 28.1 Å². The van der Waals surface area contributed by atoms with Gasteiger partial charge in [-0.15, -0.1) is 0 Å². The molecule has 0 saturated carbocycles. The molecule has 7 heteroatoms.